The van der Waals surface area contributed by atoms with Gasteiger partial charge in [0.1, 0.15) is 0 Å². The molecule has 0 aliphatic carbocycles. The SMILES string of the molecule is CC(C)CCNc1cnnc(Nc2ccc(C(C)(C)C)cc2)n1. The Balaban J connectivity index is 2.00. The minimum absolute atomic E-state index is 0.150. The highest BCUT2D eigenvalue weighted by molar-refractivity contribution is 5.55. The van der Waals surface area contributed by atoms with Gasteiger partial charge in [-0.2, -0.15) is 10.1 Å². The van der Waals surface area contributed by atoms with Gasteiger partial charge in [0.2, 0.25) is 5.95 Å². The molecule has 0 aliphatic rings. The number of rotatable bonds is 6. The van der Waals surface area contributed by atoms with Crippen molar-refractivity contribution in [3.8, 4) is 0 Å². The summed E-state index contributed by atoms with van der Waals surface area (Å²) < 4.78 is 0. The highest BCUT2D eigenvalue weighted by Crippen LogP contribution is 2.24. The standard InChI is InChI=1S/C18H27N5/c1-13(2)10-11-19-16-12-20-23-17(22-16)21-15-8-6-14(7-9-15)18(3,4)5/h6-9,12-13H,10-11H2,1-5H3,(H2,19,21,22,23). The molecule has 1 aromatic heterocycles. The predicted molar refractivity (Wildman–Crippen MR) is 96.2 cm³/mol. The molecule has 5 heteroatoms. The largest absolute Gasteiger partial charge is 0.369 e. The van der Waals surface area contributed by atoms with Crippen LogP contribution in [0.5, 0.6) is 0 Å². The Morgan fingerprint density at radius 1 is 1.09 bits per heavy atom. The number of aromatic nitrogens is 3. The smallest absolute Gasteiger partial charge is 0.249 e. The summed E-state index contributed by atoms with van der Waals surface area (Å²) in [6.45, 7) is 11.9. The molecule has 0 unspecified atom stereocenters. The maximum absolute atomic E-state index is 4.44. The molecule has 0 saturated heterocycles. The van der Waals surface area contributed by atoms with Crippen LogP contribution in [0.1, 0.15) is 46.6 Å². The van der Waals surface area contributed by atoms with Gasteiger partial charge in [-0.15, -0.1) is 5.10 Å². The summed E-state index contributed by atoms with van der Waals surface area (Å²) in [6, 6.07) is 8.34. The number of nitrogens with one attached hydrogen (secondary N) is 2. The molecule has 5 nitrogen and oxygen atoms in total. The molecule has 0 bridgehead atoms. The molecule has 0 fully saturated rings. The van der Waals surface area contributed by atoms with Crippen LogP contribution >= 0.6 is 0 Å². The summed E-state index contributed by atoms with van der Waals surface area (Å²) in [5.41, 5.74) is 2.40. The van der Waals surface area contributed by atoms with Crippen LogP contribution in [0.4, 0.5) is 17.5 Å². The molecule has 0 spiro atoms. The predicted octanol–water partition coefficient (Wildman–Crippen LogP) is 4.37. The van der Waals surface area contributed by atoms with Gasteiger partial charge in [0.15, 0.2) is 5.82 Å². The van der Waals surface area contributed by atoms with E-state index in [1.54, 1.807) is 6.20 Å². The number of nitrogens with zero attached hydrogens (tertiary/aromatic N) is 3. The summed E-state index contributed by atoms with van der Waals surface area (Å²) in [5.74, 6) is 1.91. The third-order valence-corrected chi connectivity index (χ3v) is 3.59. The minimum Gasteiger partial charge on any atom is -0.369 e. The number of hydrogen-bond donors (Lipinski definition) is 2. The first-order chi connectivity index (χ1) is 10.8. The lowest BCUT2D eigenvalue weighted by molar-refractivity contribution is 0.590. The maximum atomic E-state index is 4.44. The molecule has 0 saturated carbocycles. The van der Waals surface area contributed by atoms with Crippen LogP contribution in [0, 0.1) is 5.92 Å². The Bertz CT molecular complexity index is 614. The van der Waals surface area contributed by atoms with Gasteiger partial charge >= 0.3 is 0 Å². The zero-order valence-corrected chi connectivity index (χ0v) is 14.7. The van der Waals surface area contributed by atoms with E-state index in [1.807, 2.05) is 12.1 Å². The lowest BCUT2D eigenvalue weighted by atomic mass is 9.87. The van der Waals surface area contributed by atoms with Crippen LogP contribution in [-0.2, 0) is 5.41 Å². The van der Waals surface area contributed by atoms with E-state index in [2.05, 4.69) is 72.6 Å². The van der Waals surface area contributed by atoms with Gasteiger partial charge in [0.05, 0.1) is 6.20 Å². The van der Waals surface area contributed by atoms with Crippen LogP contribution in [0.25, 0.3) is 0 Å². The van der Waals surface area contributed by atoms with E-state index >= 15 is 0 Å². The van der Waals surface area contributed by atoms with E-state index in [1.165, 1.54) is 5.56 Å². The topological polar surface area (TPSA) is 62.7 Å². The summed E-state index contributed by atoms with van der Waals surface area (Å²) in [4.78, 5) is 4.44. The van der Waals surface area contributed by atoms with E-state index in [0.717, 1.165) is 24.5 Å². The lowest BCUT2D eigenvalue weighted by Gasteiger charge is -2.19. The van der Waals surface area contributed by atoms with Crippen molar-refractivity contribution in [3.63, 3.8) is 0 Å². The molecule has 1 heterocycles. The summed E-state index contributed by atoms with van der Waals surface area (Å²) in [5, 5.41) is 14.5. The van der Waals surface area contributed by atoms with Crippen molar-refractivity contribution >= 4 is 17.5 Å². The molecule has 23 heavy (non-hydrogen) atoms. The van der Waals surface area contributed by atoms with Crippen molar-refractivity contribution in [2.75, 3.05) is 17.2 Å². The molecule has 0 radical (unpaired) electrons. The van der Waals surface area contributed by atoms with E-state index in [0.29, 0.717) is 11.9 Å². The number of benzene rings is 1. The van der Waals surface area contributed by atoms with Crippen LogP contribution in [0.2, 0.25) is 0 Å². The lowest BCUT2D eigenvalue weighted by Crippen LogP contribution is -2.11. The second kappa shape index (κ2) is 7.40. The van der Waals surface area contributed by atoms with E-state index in [-0.39, 0.29) is 5.41 Å². The van der Waals surface area contributed by atoms with Gasteiger partial charge in [-0.05, 0) is 35.4 Å². The van der Waals surface area contributed by atoms with Crippen molar-refractivity contribution in [1.82, 2.24) is 15.2 Å². The average molecular weight is 313 g/mol. The fourth-order valence-corrected chi connectivity index (χ4v) is 2.11. The minimum atomic E-state index is 0.150. The fraction of sp³-hybridized carbons (Fsp3) is 0.500. The van der Waals surface area contributed by atoms with E-state index < -0.39 is 0 Å². The van der Waals surface area contributed by atoms with Gasteiger partial charge in [-0.3, -0.25) is 0 Å². The second-order valence-corrected chi connectivity index (χ2v) is 7.23. The Morgan fingerprint density at radius 2 is 1.78 bits per heavy atom. The summed E-state index contributed by atoms with van der Waals surface area (Å²) in [6.07, 6.45) is 2.75. The Kier molecular flexibility index (Phi) is 5.53. The molecular formula is C18H27N5. The normalized spacial score (nSPS) is 11.6. The molecular weight excluding hydrogens is 286 g/mol. The van der Waals surface area contributed by atoms with Crippen molar-refractivity contribution < 1.29 is 0 Å². The second-order valence-electron chi connectivity index (χ2n) is 7.23. The quantitative estimate of drug-likeness (QED) is 0.829. The van der Waals surface area contributed by atoms with Crippen molar-refractivity contribution in [1.29, 1.82) is 0 Å². The van der Waals surface area contributed by atoms with Crippen LogP contribution in [-0.4, -0.2) is 21.7 Å². The molecule has 0 atom stereocenters. The first kappa shape index (κ1) is 17.2. The van der Waals surface area contributed by atoms with Gasteiger partial charge in [0.25, 0.3) is 0 Å². The maximum Gasteiger partial charge on any atom is 0.249 e. The highest BCUT2D eigenvalue weighted by Gasteiger charge is 2.13. The van der Waals surface area contributed by atoms with Gasteiger partial charge in [0, 0.05) is 12.2 Å². The number of hydrogen-bond acceptors (Lipinski definition) is 5. The van der Waals surface area contributed by atoms with Crippen molar-refractivity contribution in [3.05, 3.63) is 36.0 Å². The Morgan fingerprint density at radius 3 is 2.39 bits per heavy atom. The van der Waals surface area contributed by atoms with Gasteiger partial charge in [-0.1, -0.05) is 46.8 Å². The van der Waals surface area contributed by atoms with E-state index in [4.69, 9.17) is 0 Å². The summed E-state index contributed by atoms with van der Waals surface area (Å²) in [7, 11) is 0. The highest BCUT2D eigenvalue weighted by atomic mass is 15.3. The Hall–Kier alpha value is -2.17. The first-order valence-corrected chi connectivity index (χ1v) is 8.16. The molecule has 1 aromatic carbocycles. The molecule has 2 aromatic rings. The molecule has 124 valence electrons. The average Bonchev–Trinajstić information content (AvgIpc) is 2.47. The molecule has 2 N–H and O–H groups in total. The number of anilines is 3. The fourth-order valence-electron chi connectivity index (χ4n) is 2.11. The third kappa shape index (κ3) is 5.51. The van der Waals surface area contributed by atoms with Gasteiger partial charge in [-0.25, -0.2) is 0 Å². The zero-order valence-electron chi connectivity index (χ0n) is 14.7. The van der Waals surface area contributed by atoms with Crippen LogP contribution in [0.15, 0.2) is 30.5 Å². The van der Waals surface area contributed by atoms with Crippen molar-refractivity contribution in [2.24, 2.45) is 5.92 Å². The molecule has 0 aliphatic heterocycles. The van der Waals surface area contributed by atoms with Crippen molar-refractivity contribution in [2.45, 2.75) is 46.5 Å². The molecule has 2 rings (SSSR count). The zero-order chi connectivity index (χ0) is 16.9. The van der Waals surface area contributed by atoms with Crippen LogP contribution in [0.3, 0.4) is 0 Å². The van der Waals surface area contributed by atoms with Gasteiger partial charge < -0.3 is 10.6 Å². The molecule has 0 amide bonds. The van der Waals surface area contributed by atoms with Crippen LogP contribution < -0.4 is 10.6 Å². The Labute approximate surface area is 139 Å². The monoisotopic (exact) mass is 313 g/mol. The summed E-state index contributed by atoms with van der Waals surface area (Å²) >= 11 is 0. The third-order valence-electron chi connectivity index (χ3n) is 3.59. The van der Waals surface area contributed by atoms with E-state index in [9.17, 15) is 0 Å². The first-order valence-electron chi connectivity index (χ1n) is 8.16.